The minimum Gasteiger partial charge on any atom is -0.482 e. The fourth-order valence-corrected chi connectivity index (χ4v) is 3.50. The van der Waals surface area contributed by atoms with Crippen LogP contribution >= 0.6 is 0 Å². The fraction of sp³-hybridized carbons (Fsp3) is 0.375. The zero-order valence-electron chi connectivity index (χ0n) is 18.7. The maximum Gasteiger partial charge on any atom is 0.265 e. The van der Waals surface area contributed by atoms with Gasteiger partial charge in [0.1, 0.15) is 5.75 Å². The van der Waals surface area contributed by atoms with Crippen LogP contribution in [0.4, 0.5) is 5.69 Å². The molecule has 0 unspecified atom stereocenters. The maximum atomic E-state index is 12.3. The summed E-state index contributed by atoms with van der Waals surface area (Å²) in [5, 5.41) is 9.22. The van der Waals surface area contributed by atoms with Crippen molar-refractivity contribution in [2.45, 2.75) is 19.8 Å². The normalized spacial score (nSPS) is 13.2. The Bertz CT molecular complexity index is 960. The van der Waals surface area contributed by atoms with Crippen LogP contribution in [0.5, 0.6) is 5.75 Å². The molecule has 0 aromatic heterocycles. The lowest BCUT2D eigenvalue weighted by atomic mass is 10.1. The predicted molar refractivity (Wildman–Crippen MR) is 126 cm³/mol. The van der Waals surface area contributed by atoms with E-state index < -0.39 is 0 Å². The molecule has 1 heterocycles. The number of carbonyl (C=O) groups excluding carboxylic acids is 2. The summed E-state index contributed by atoms with van der Waals surface area (Å²) in [5.74, 6) is 1.36. The van der Waals surface area contributed by atoms with E-state index in [1.54, 1.807) is 18.0 Å². The van der Waals surface area contributed by atoms with Gasteiger partial charge in [0.25, 0.3) is 11.8 Å². The average Bonchev–Trinajstić information content (AvgIpc) is 2.82. The number of guanidine groups is 1. The van der Waals surface area contributed by atoms with E-state index in [1.165, 1.54) is 0 Å². The van der Waals surface area contributed by atoms with Gasteiger partial charge in [0.05, 0.1) is 5.69 Å². The van der Waals surface area contributed by atoms with Crippen LogP contribution in [0, 0.1) is 0 Å². The summed E-state index contributed by atoms with van der Waals surface area (Å²) in [4.78, 5) is 30.5. The highest BCUT2D eigenvalue weighted by Gasteiger charge is 2.24. The molecular weight excluding hydrogens is 406 g/mol. The van der Waals surface area contributed by atoms with E-state index in [0.717, 1.165) is 42.3 Å². The van der Waals surface area contributed by atoms with Crippen molar-refractivity contribution in [1.82, 2.24) is 16.0 Å². The highest BCUT2D eigenvalue weighted by molar-refractivity contribution is 5.97. The lowest BCUT2D eigenvalue weighted by molar-refractivity contribution is -0.121. The first-order chi connectivity index (χ1) is 15.6. The second-order valence-electron chi connectivity index (χ2n) is 7.37. The second kappa shape index (κ2) is 11.7. The smallest absolute Gasteiger partial charge is 0.265 e. The molecule has 2 aromatic rings. The fourth-order valence-electron chi connectivity index (χ4n) is 3.50. The number of benzene rings is 2. The number of hydrogen-bond donors (Lipinski definition) is 3. The molecule has 0 spiro atoms. The van der Waals surface area contributed by atoms with Crippen LogP contribution < -0.4 is 25.6 Å². The molecule has 3 N–H and O–H groups in total. The molecule has 0 saturated carbocycles. The van der Waals surface area contributed by atoms with Gasteiger partial charge in [0, 0.05) is 38.8 Å². The SMILES string of the molecule is CCNC(=NCCCN1C(=O)COc2ccccc21)NCCc1cccc(C(=O)NC)c1. The molecule has 0 radical (unpaired) electrons. The van der Waals surface area contributed by atoms with Crippen LogP contribution in [-0.4, -0.2) is 57.6 Å². The molecule has 0 saturated heterocycles. The second-order valence-corrected chi connectivity index (χ2v) is 7.37. The monoisotopic (exact) mass is 437 g/mol. The lowest BCUT2D eigenvalue weighted by Crippen LogP contribution is -2.40. The van der Waals surface area contributed by atoms with Crippen molar-refractivity contribution in [3.8, 4) is 5.75 Å². The molecule has 0 atom stereocenters. The molecule has 3 rings (SSSR count). The van der Waals surface area contributed by atoms with E-state index in [-0.39, 0.29) is 18.4 Å². The number of hydrogen-bond acceptors (Lipinski definition) is 4. The summed E-state index contributed by atoms with van der Waals surface area (Å²) in [7, 11) is 1.63. The number of fused-ring (bicyclic) bond motifs is 1. The third-order valence-corrected chi connectivity index (χ3v) is 5.08. The molecule has 2 aromatic carbocycles. The van der Waals surface area contributed by atoms with Crippen LogP contribution in [0.15, 0.2) is 53.5 Å². The molecule has 1 aliphatic heterocycles. The summed E-state index contributed by atoms with van der Waals surface area (Å²) >= 11 is 0. The molecule has 170 valence electrons. The molecular formula is C24H31N5O3. The third-order valence-electron chi connectivity index (χ3n) is 5.08. The summed E-state index contributed by atoms with van der Waals surface area (Å²) < 4.78 is 5.49. The van der Waals surface area contributed by atoms with Crippen molar-refractivity contribution in [2.75, 3.05) is 44.7 Å². The zero-order chi connectivity index (χ0) is 22.8. The summed E-state index contributed by atoms with van der Waals surface area (Å²) in [5.41, 5.74) is 2.56. The zero-order valence-corrected chi connectivity index (χ0v) is 18.7. The van der Waals surface area contributed by atoms with Crippen molar-refractivity contribution in [1.29, 1.82) is 0 Å². The molecule has 0 aliphatic carbocycles. The number of para-hydroxylation sites is 2. The van der Waals surface area contributed by atoms with Gasteiger partial charge >= 0.3 is 0 Å². The highest BCUT2D eigenvalue weighted by atomic mass is 16.5. The Labute approximate surface area is 189 Å². The van der Waals surface area contributed by atoms with E-state index in [0.29, 0.717) is 25.2 Å². The van der Waals surface area contributed by atoms with Crippen molar-refractivity contribution in [3.05, 3.63) is 59.7 Å². The Morgan fingerprint density at radius 3 is 2.81 bits per heavy atom. The van der Waals surface area contributed by atoms with Crippen LogP contribution in [0.2, 0.25) is 0 Å². The van der Waals surface area contributed by atoms with Gasteiger partial charge in [0.15, 0.2) is 12.6 Å². The van der Waals surface area contributed by atoms with E-state index in [4.69, 9.17) is 4.74 Å². The van der Waals surface area contributed by atoms with Crippen LogP contribution in [0.3, 0.4) is 0 Å². The van der Waals surface area contributed by atoms with Gasteiger partial charge in [-0.1, -0.05) is 24.3 Å². The minimum atomic E-state index is -0.0870. The Morgan fingerprint density at radius 2 is 2.00 bits per heavy atom. The van der Waals surface area contributed by atoms with Gasteiger partial charge in [-0.05, 0) is 49.6 Å². The van der Waals surface area contributed by atoms with E-state index in [9.17, 15) is 9.59 Å². The molecule has 8 heteroatoms. The van der Waals surface area contributed by atoms with Crippen molar-refractivity contribution in [3.63, 3.8) is 0 Å². The number of anilines is 1. The first kappa shape index (κ1) is 23.1. The molecule has 8 nitrogen and oxygen atoms in total. The highest BCUT2D eigenvalue weighted by Crippen LogP contribution is 2.31. The Kier molecular flexibility index (Phi) is 8.48. The predicted octanol–water partition coefficient (Wildman–Crippen LogP) is 1.96. The van der Waals surface area contributed by atoms with E-state index in [2.05, 4.69) is 20.9 Å². The largest absolute Gasteiger partial charge is 0.482 e. The number of nitrogens with zero attached hydrogens (tertiary/aromatic N) is 2. The van der Waals surface area contributed by atoms with Crippen molar-refractivity contribution >= 4 is 23.5 Å². The first-order valence-corrected chi connectivity index (χ1v) is 11.0. The van der Waals surface area contributed by atoms with Gasteiger partial charge in [-0.25, -0.2) is 0 Å². The average molecular weight is 438 g/mol. The number of carbonyl (C=O) groups is 2. The third kappa shape index (κ3) is 6.23. The minimum absolute atomic E-state index is 0.0308. The number of amides is 2. The van der Waals surface area contributed by atoms with Gasteiger partial charge < -0.3 is 25.6 Å². The Morgan fingerprint density at radius 1 is 1.16 bits per heavy atom. The standard InChI is InChI=1S/C24H31N5O3/c1-3-26-24(28-14-12-18-8-6-9-19(16-18)23(31)25-2)27-13-7-15-29-20-10-4-5-11-21(20)32-17-22(29)30/h4-6,8-11,16H,3,7,12-15,17H2,1-2H3,(H,25,31)(H2,26,27,28). The van der Waals surface area contributed by atoms with Crippen molar-refractivity contribution in [2.24, 2.45) is 4.99 Å². The molecule has 1 aliphatic rings. The summed E-state index contributed by atoms with van der Waals surface area (Å²) in [6, 6.07) is 15.2. The molecule has 2 amide bonds. The van der Waals surface area contributed by atoms with Crippen molar-refractivity contribution < 1.29 is 14.3 Å². The Hall–Kier alpha value is -3.55. The quantitative estimate of drug-likeness (QED) is 0.317. The van der Waals surface area contributed by atoms with Crippen LogP contribution in [0.25, 0.3) is 0 Å². The summed E-state index contributed by atoms with van der Waals surface area (Å²) in [6.45, 7) is 4.73. The lowest BCUT2D eigenvalue weighted by Gasteiger charge is -2.29. The maximum absolute atomic E-state index is 12.3. The first-order valence-electron chi connectivity index (χ1n) is 11.0. The molecule has 32 heavy (non-hydrogen) atoms. The van der Waals surface area contributed by atoms with E-state index >= 15 is 0 Å². The number of ether oxygens (including phenoxy) is 1. The Balaban J connectivity index is 1.49. The van der Waals surface area contributed by atoms with Crippen LogP contribution in [-0.2, 0) is 11.2 Å². The van der Waals surface area contributed by atoms with E-state index in [1.807, 2.05) is 49.4 Å². The number of rotatable bonds is 9. The molecule has 0 bridgehead atoms. The van der Waals surface area contributed by atoms with Crippen LogP contribution in [0.1, 0.15) is 29.3 Å². The number of aliphatic imine (C=N–C) groups is 1. The number of nitrogens with one attached hydrogen (secondary N) is 3. The van der Waals surface area contributed by atoms with Gasteiger partial charge in [-0.3, -0.25) is 14.6 Å². The topological polar surface area (TPSA) is 95.1 Å². The summed E-state index contributed by atoms with van der Waals surface area (Å²) in [6.07, 6.45) is 1.51. The van der Waals surface area contributed by atoms with Gasteiger partial charge in [0.2, 0.25) is 0 Å². The van der Waals surface area contributed by atoms with Gasteiger partial charge in [-0.2, -0.15) is 0 Å². The molecule has 0 fully saturated rings. The van der Waals surface area contributed by atoms with Gasteiger partial charge in [-0.15, -0.1) is 0 Å².